The van der Waals surface area contributed by atoms with Crippen LogP contribution in [0.1, 0.15) is 26.7 Å². The predicted molar refractivity (Wildman–Crippen MR) is 69.2 cm³/mol. The van der Waals surface area contributed by atoms with E-state index in [9.17, 15) is 4.21 Å². The molecule has 1 unspecified atom stereocenters. The number of anilines is 1. The highest BCUT2D eigenvalue weighted by Crippen LogP contribution is 2.23. The molecular weight excluding hydrogens is 236 g/mol. The highest BCUT2D eigenvalue weighted by atomic mass is 32.2. The number of fused-ring (bicyclic) bond motifs is 1. The van der Waals surface area contributed by atoms with E-state index in [0.29, 0.717) is 22.0 Å². The van der Waals surface area contributed by atoms with Crippen molar-refractivity contribution in [3.63, 3.8) is 0 Å². The van der Waals surface area contributed by atoms with E-state index in [1.807, 2.05) is 13.8 Å². The van der Waals surface area contributed by atoms with Crippen LogP contribution in [0.5, 0.6) is 0 Å². The van der Waals surface area contributed by atoms with E-state index in [1.165, 1.54) is 0 Å². The van der Waals surface area contributed by atoms with Gasteiger partial charge in [0.15, 0.2) is 5.58 Å². The monoisotopic (exact) mass is 252 g/mol. The number of nitrogens with zero attached hydrogens (tertiary/aromatic N) is 1. The van der Waals surface area contributed by atoms with Crippen LogP contribution in [0.25, 0.3) is 11.1 Å². The second kappa shape index (κ2) is 4.87. The van der Waals surface area contributed by atoms with E-state index in [0.717, 1.165) is 12.8 Å². The third kappa shape index (κ3) is 2.34. The fourth-order valence-corrected chi connectivity index (χ4v) is 2.99. The van der Waals surface area contributed by atoms with Gasteiger partial charge in [-0.05, 0) is 25.0 Å². The topological polar surface area (TPSA) is 69.1 Å². The molecule has 0 spiro atoms. The number of hydrogen-bond donors (Lipinski definition) is 1. The van der Waals surface area contributed by atoms with Gasteiger partial charge in [-0.25, -0.2) is 9.19 Å². The highest BCUT2D eigenvalue weighted by molar-refractivity contribution is 7.85. The van der Waals surface area contributed by atoms with Crippen LogP contribution in [0.2, 0.25) is 0 Å². The maximum absolute atomic E-state index is 12.2. The van der Waals surface area contributed by atoms with Crippen molar-refractivity contribution >= 4 is 27.6 Å². The molecule has 2 aromatic rings. The molecule has 0 bridgehead atoms. The average Bonchev–Trinajstić information content (AvgIpc) is 2.73. The minimum absolute atomic E-state index is 0.0976. The molecular formula is C12H16N2O2S. The number of aromatic nitrogens is 1. The molecule has 17 heavy (non-hydrogen) atoms. The molecule has 1 heterocycles. The second-order valence-corrected chi connectivity index (χ2v) is 5.55. The van der Waals surface area contributed by atoms with Crippen molar-refractivity contribution in [2.75, 3.05) is 5.73 Å². The Kier molecular flexibility index (Phi) is 3.47. The molecule has 5 heteroatoms. The van der Waals surface area contributed by atoms with Gasteiger partial charge in [0.1, 0.15) is 16.3 Å². The zero-order chi connectivity index (χ0) is 12.4. The lowest BCUT2D eigenvalue weighted by Gasteiger charge is -2.07. The summed E-state index contributed by atoms with van der Waals surface area (Å²) >= 11 is 0. The van der Waals surface area contributed by atoms with Crippen LogP contribution in [-0.4, -0.2) is 14.4 Å². The largest absolute Gasteiger partial charge is 0.430 e. The molecule has 4 nitrogen and oxygen atoms in total. The van der Waals surface area contributed by atoms with Gasteiger partial charge in [-0.15, -0.1) is 0 Å². The maximum Gasteiger partial charge on any atom is 0.288 e. The van der Waals surface area contributed by atoms with Crippen molar-refractivity contribution in [3.8, 4) is 0 Å². The van der Waals surface area contributed by atoms with Crippen LogP contribution in [0.4, 0.5) is 5.69 Å². The van der Waals surface area contributed by atoms with Crippen LogP contribution in [0.3, 0.4) is 0 Å². The van der Waals surface area contributed by atoms with Crippen molar-refractivity contribution in [1.82, 2.24) is 4.98 Å². The van der Waals surface area contributed by atoms with Gasteiger partial charge in [0, 0.05) is 17.0 Å². The van der Waals surface area contributed by atoms with E-state index in [1.54, 1.807) is 18.2 Å². The Bertz CT molecular complexity index is 546. The lowest BCUT2D eigenvalue weighted by atomic mass is 10.3. The summed E-state index contributed by atoms with van der Waals surface area (Å²) in [5, 5.41) is 0.403. The Balaban J connectivity index is 2.39. The molecule has 0 aliphatic carbocycles. The first-order chi connectivity index (χ1) is 8.15. The van der Waals surface area contributed by atoms with Gasteiger partial charge in [-0.1, -0.05) is 13.8 Å². The second-order valence-electron chi connectivity index (χ2n) is 3.94. The fraction of sp³-hybridized carbons (Fsp3) is 0.417. The first-order valence-electron chi connectivity index (χ1n) is 5.72. The minimum Gasteiger partial charge on any atom is -0.430 e. The zero-order valence-electron chi connectivity index (χ0n) is 9.97. The third-order valence-electron chi connectivity index (χ3n) is 2.78. The molecule has 0 radical (unpaired) electrons. The van der Waals surface area contributed by atoms with E-state index in [2.05, 4.69) is 4.98 Å². The first-order valence-corrected chi connectivity index (χ1v) is 6.93. The minimum atomic E-state index is -1.18. The van der Waals surface area contributed by atoms with Crippen molar-refractivity contribution in [3.05, 3.63) is 18.2 Å². The molecule has 0 amide bonds. The van der Waals surface area contributed by atoms with Crippen LogP contribution in [0.15, 0.2) is 27.8 Å². The summed E-state index contributed by atoms with van der Waals surface area (Å²) in [7, 11) is -1.18. The van der Waals surface area contributed by atoms with Gasteiger partial charge in [-0.2, -0.15) is 0 Å². The molecule has 1 atom stereocenters. The van der Waals surface area contributed by atoms with Gasteiger partial charge in [0.25, 0.3) is 5.22 Å². The Hall–Kier alpha value is -1.36. The number of nitrogens with two attached hydrogens (primary N) is 1. The van der Waals surface area contributed by atoms with Gasteiger partial charge in [0.05, 0.1) is 0 Å². The summed E-state index contributed by atoms with van der Waals surface area (Å²) in [6.07, 6.45) is 1.70. The maximum atomic E-state index is 12.2. The zero-order valence-corrected chi connectivity index (χ0v) is 10.8. The molecule has 2 rings (SSSR count). The van der Waals surface area contributed by atoms with Crippen molar-refractivity contribution in [2.45, 2.75) is 37.2 Å². The Morgan fingerprint density at radius 3 is 2.76 bits per heavy atom. The molecule has 0 saturated heterocycles. The quantitative estimate of drug-likeness (QED) is 0.849. The van der Waals surface area contributed by atoms with E-state index < -0.39 is 10.8 Å². The Morgan fingerprint density at radius 2 is 2.12 bits per heavy atom. The lowest BCUT2D eigenvalue weighted by molar-refractivity contribution is 0.473. The molecule has 1 aromatic heterocycles. The highest BCUT2D eigenvalue weighted by Gasteiger charge is 2.20. The van der Waals surface area contributed by atoms with E-state index >= 15 is 0 Å². The smallest absolute Gasteiger partial charge is 0.288 e. The van der Waals surface area contributed by atoms with E-state index in [-0.39, 0.29) is 5.25 Å². The molecule has 0 aliphatic heterocycles. The number of oxazole rings is 1. The fourth-order valence-electron chi connectivity index (χ4n) is 1.74. The van der Waals surface area contributed by atoms with Gasteiger partial charge in [-0.3, -0.25) is 0 Å². The lowest BCUT2D eigenvalue weighted by Crippen LogP contribution is -2.13. The van der Waals surface area contributed by atoms with E-state index in [4.69, 9.17) is 10.2 Å². The molecule has 0 aliphatic rings. The van der Waals surface area contributed by atoms with Gasteiger partial charge >= 0.3 is 0 Å². The summed E-state index contributed by atoms with van der Waals surface area (Å²) in [5.74, 6) is 0. The number of nitrogen functional groups attached to an aromatic ring is 1. The van der Waals surface area contributed by atoms with Crippen molar-refractivity contribution < 1.29 is 8.63 Å². The molecule has 0 saturated carbocycles. The summed E-state index contributed by atoms with van der Waals surface area (Å²) in [6, 6.07) is 5.24. The molecule has 92 valence electrons. The third-order valence-corrected chi connectivity index (χ3v) is 4.57. The summed E-state index contributed by atoms with van der Waals surface area (Å²) in [6.45, 7) is 4.04. The predicted octanol–water partition coefficient (Wildman–Crippen LogP) is 2.71. The molecule has 2 N–H and O–H groups in total. The van der Waals surface area contributed by atoms with Crippen LogP contribution < -0.4 is 5.73 Å². The van der Waals surface area contributed by atoms with Crippen LogP contribution in [0, 0.1) is 0 Å². The van der Waals surface area contributed by atoms with Crippen LogP contribution >= 0.6 is 0 Å². The Morgan fingerprint density at radius 1 is 1.41 bits per heavy atom. The number of rotatable bonds is 4. The van der Waals surface area contributed by atoms with Crippen molar-refractivity contribution in [2.24, 2.45) is 0 Å². The SMILES string of the molecule is CCC(CC)S(=O)c1nc2ccc(N)cc2o1. The summed E-state index contributed by atoms with van der Waals surface area (Å²) < 4.78 is 17.7. The molecule has 1 aromatic carbocycles. The summed E-state index contributed by atoms with van der Waals surface area (Å²) in [4.78, 5) is 4.25. The van der Waals surface area contributed by atoms with Crippen molar-refractivity contribution in [1.29, 1.82) is 0 Å². The average molecular weight is 252 g/mol. The van der Waals surface area contributed by atoms with Crippen LogP contribution in [-0.2, 0) is 10.8 Å². The first kappa shape index (κ1) is 12.1. The summed E-state index contributed by atoms with van der Waals surface area (Å²) in [5.41, 5.74) is 7.58. The standard InChI is InChI=1S/C12H16N2O2S/c1-3-9(4-2)17(15)12-14-10-6-5-8(13)7-11(10)16-12/h5-7,9H,3-4,13H2,1-2H3. The van der Waals surface area contributed by atoms with Gasteiger partial charge in [0.2, 0.25) is 0 Å². The number of benzene rings is 1. The number of hydrogen-bond acceptors (Lipinski definition) is 4. The normalized spacial score (nSPS) is 13.4. The van der Waals surface area contributed by atoms with Gasteiger partial charge < -0.3 is 10.2 Å². The Labute approximate surface area is 103 Å². The molecule has 0 fully saturated rings.